The fraction of sp³-hybridized carbons (Fsp3) is 0.400. The lowest BCUT2D eigenvalue weighted by atomic mass is 9.88. The fourth-order valence-electron chi connectivity index (χ4n) is 3.86. The highest BCUT2D eigenvalue weighted by Gasteiger charge is 2.44. The van der Waals surface area contributed by atoms with Crippen LogP contribution in [-0.2, 0) is 17.6 Å². The molecule has 1 saturated carbocycles. The fourth-order valence-corrected chi connectivity index (χ4v) is 5.28. The van der Waals surface area contributed by atoms with Gasteiger partial charge in [-0.25, -0.2) is 0 Å². The molecule has 0 unspecified atom stereocenters. The minimum atomic E-state index is -0.433. The van der Waals surface area contributed by atoms with Gasteiger partial charge in [-0.05, 0) is 48.6 Å². The van der Waals surface area contributed by atoms with E-state index in [2.05, 4.69) is 24.4 Å². The number of carbonyl (C=O) groups excluding carboxylic acids is 2. The summed E-state index contributed by atoms with van der Waals surface area (Å²) >= 11 is 1.53. The lowest BCUT2D eigenvalue weighted by molar-refractivity contribution is -0.117. The Balaban J connectivity index is 1.53. The minimum Gasteiger partial charge on any atom is -0.365 e. The van der Waals surface area contributed by atoms with Crippen LogP contribution in [0.1, 0.15) is 52.0 Å². The van der Waals surface area contributed by atoms with Crippen LogP contribution in [0.25, 0.3) is 0 Å². The van der Waals surface area contributed by atoms with E-state index >= 15 is 0 Å². The standard InChI is InChI=1S/C20H22N2O2S/c1-11-7-8-13-16(9-11)25-20(17(13)18(21)23)22-19(24)15-10-14(15)12-5-3-2-4-6-12/h2-6,11,14-15H,7-10H2,1H3,(H2,21,23)(H,22,24)/t11-,14+,15-/m1/s1. The second-order valence-electron chi connectivity index (χ2n) is 7.27. The number of nitrogens with one attached hydrogen (secondary N) is 1. The molecule has 25 heavy (non-hydrogen) atoms. The number of thiophene rings is 1. The number of fused-ring (bicyclic) bond motifs is 1. The Hall–Kier alpha value is -2.14. The summed E-state index contributed by atoms with van der Waals surface area (Å²) in [6, 6.07) is 10.1. The highest BCUT2D eigenvalue weighted by atomic mass is 32.1. The Bertz CT molecular complexity index is 828. The van der Waals surface area contributed by atoms with Crippen molar-refractivity contribution in [3.63, 3.8) is 0 Å². The van der Waals surface area contributed by atoms with Crippen LogP contribution < -0.4 is 11.1 Å². The molecular weight excluding hydrogens is 332 g/mol. The molecule has 0 radical (unpaired) electrons. The average Bonchev–Trinajstić information content (AvgIpc) is 3.31. The van der Waals surface area contributed by atoms with E-state index in [0.29, 0.717) is 16.5 Å². The average molecular weight is 354 g/mol. The van der Waals surface area contributed by atoms with Crippen molar-refractivity contribution in [3.8, 4) is 0 Å². The molecule has 2 aliphatic carbocycles. The van der Waals surface area contributed by atoms with Gasteiger partial charge in [0, 0.05) is 10.8 Å². The number of anilines is 1. The van der Waals surface area contributed by atoms with Crippen LogP contribution in [0.2, 0.25) is 0 Å². The molecule has 5 heteroatoms. The van der Waals surface area contributed by atoms with Crippen LogP contribution in [0, 0.1) is 11.8 Å². The summed E-state index contributed by atoms with van der Waals surface area (Å²) in [5, 5.41) is 3.65. The van der Waals surface area contributed by atoms with Gasteiger partial charge >= 0.3 is 0 Å². The summed E-state index contributed by atoms with van der Waals surface area (Å²) in [7, 11) is 0. The van der Waals surface area contributed by atoms with Gasteiger partial charge in [0.05, 0.1) is 5.56 Å². The molecule has 3 atom stereocenters. The van der Waals surface area contributed by atoms with Crippen LogP contribution >= 0.6 is 11.3 Å². The van der Waals surface area contributed by atoms with Gasteiger partial charge < -0.3 is 11.1 Å². The molecule has 2 amide bonds. The molecule has 1 fully saturated rings. The van der Waals surface area contributed by atoms with E-state index in [9.17, 15) is 9.59 Å². The predicted molar refractivity (Wildman–Crippen MR) is 99.9 cm³/mol. The maximum Gasteiger partial charge on any atom is 0.251 e. The van der Waals surface area contributed by atoms with E-state index in [1.807, 2.05) is 18.2 Å². The number of nitrogens with two attached hydrogens (primary N) is 1. The van der Waals surface area contributed by atoms with Gasteiger partial charge in [0.25, 0.3) is 5.91 Å². The van der Waals surface area contributed by atoms with Crippen LogP contribution in [0.3, 0.4) is 0 Å². The highest BCUT2D eigenvalue weighted by Crippen LogP contribution is 2.48. The molecule has 0 spiro atoms. The molecule has 0 bridgehead atoms. The Labute approximate surface area is 151 Å². The van der Waals surface area contributed by atoms with Crippen molar-refractivity contribution in [3.05, 3.63) is 51.9 Å². The normalized spacial score (nSPS) is 24.4. The van der Waals surface area contributed by atoms with Crippen molar-refractivity contribution in [2.24, 2.45) is 17.6 Å². The van der Waals surface area contributed by atoms with Crippen molar-refractivity contribution in [2.75, 3.05) is 5.32 Å². The van der Waals surface area contributed by atoms with E-state index in [4.69, 9.17) is 5.73 Å². The molecule has 4 rings (SSSR count). The quantitative estimate of drug-likeness (QED) is 0.878. The Morgan fingerprint density at radius 1 is 1.24 bits per heavy atom. The molecule has 2 aromatic rings. The van der Waals surface area contributed by atoms with Gasteiger partial charge in [0.1, 0.15) is 5.00 Å². The van der Waals surface area contributed by atoms with Gasteiger partial charge in [0.15, 0.2) is 0 Å². The zero-order valence-corrected chi connectivity index (χ0v) is 15.1. The van der Waals surface area contributed by atoms with Gasteiger partial charge in [-0.1, -0.05) is 37.3 Å². The number of carbonyl (C=O) groups is 2. The first-order valence-corrected chi connectivity index (χ1v) is 9.66. The molecule has 1 aromatic heterocycles. The van der Waals surface area contributed by atoms with Gasteiger partial charge in [0.2, 0.25) is 5.91 Å². The topological polar surface area (TPSA) is 72.2 Å². The number of primary amides is 1. The van der Waals surface area contributed by atoms with Gasteiger partial charge in [-0.15, -0.1) is 11.3 Å². The molecule has 4 nitrogen and oxygen atoms in total. The summed E-state index contributed by atoms with van der Waals surface area (Å²) in [5.41, 5.74) is 8.42. The van der Waals surface area contributed by atoms with Crippen molar-refractivity contribution >= 4 is 28.2 Å². The second-order valence-corrected chi connectivity index (χ2v) is 8.37. The molecule has 1 heterocycles. The van der Waals surface area contributed by atoms with Crippen LogP contribution in [0.15, 0.2) is 30.3 Å². The SMILES string of the molecule is C[C@@H]1CCc2c(sc(NC(=O)[C@@H]3C[C@H]3c3ccccc3)c2C(N)=O)C1. The third-order valence-electron chi connectivity index (χ3n) is 5.35. The van der Waals surface area contributed by atoms with Crippen molar-refractivity contribution < 1.29 is 9.59 Å². The molecule has 0 aliphatic heterocycles. The van der Waals surface area contributed by atoms with Crippen molar-refractivity contribution in [1.29, 1.82) is 0 Å². The number of hydrogen-bond donors (Lipinski definition) is 2. The minimum absolute atomic E-state index is 0.00278. The maximum absolute atomic E-state index is 12.7. The van der Waals surface area contributed by atoms with Crippen LogP contribution in [0.4, 0.5) is 5.00 Å². The van der Waals surface area contributed by atoms with Gasteiger partial charge in [-0.2, -0.15) is 0 Å². The first kappa shape index (κ1) is 16.3. The smallest absolute Gasteiger partial charge is 0.251 e. The van der Waals surface area contributed by atoms with E-state index in [-0.39, 0.29) is 17.7 Å². The highest BCUT2D eigenvalue weighted by molar-refractivity contribution is 7.17. The number of rotatable bonds is 4. The van der Waals surface area contributed by atoms with Crippen LogP contribution in [-0.4, -0.2) is 11.8 Å². The van der Waals surface area contributed by atoms with Crippen LogP contribution in [0.5, 0.6) is 0 Å². The molecule has 2 aliphatic rings. The van der Waals surface area contributed by atoms with E-state index in [0.717, 1.165) is 31.2 Å². The summed E-state index contributed by atoms with van der Waals surface area (Å²) in [5.74, 6) is 0.455. The summed E-state index contributed by atoms with van der Waals surface area (Å²) in [6.45, 7) is 2.22. The molecule has 3 N–H and O–H groups in total. The molecule has 0 saturated heterocycles. The van der Waals surface area contributed by atoms with Crippen molar-refractivity contribution in [2.45, 2.75) is 38.5 Å². The summed E-state index contributed by atoms with van der Waals surface area (Å²) < 4.78 is 0. The Morgan fingerprint density at radius 2 is 2.00 bits per heavy atom. The monoisotopic (exact) mass is 354 g/mol. The number of benzene rings is 1. The third kappa shape index (κ3) is 3.09. The largest absolute Gasteiger partial charge is 0.365 e. The Kier molecular flexibility index (Phi) is 4.12. The van der Waals surface area contributed by atoms with E-state index < -0.39 is 5.91 Å². The first-order valence-electron chi connectivity index (χ1n) is 8.84. The lowest BCUT2D eigenvalue weighted by Crippen LogP contribution is -2.20. The number of hydrogen-bond acceptors (Lipinski definition) is 3. The van der Waals surface area contributed by atoms with E-state index in [1.165, 1.54) is 21.8 Å². The molecular formula is C20H22N2O2S. The van der Waals surface area contributed by atoms with E-state index in [1.54, 1.807) is 0 Å². The zero-order chi connectivity index (χ0) is 17.6. The third-order valence-corrected chi connectivity index (χ3v) is 6.52. The molecule has 130 valence electrons. The summed E-state index contributed by atoms with van der Waals surface area (Å²) in [6.07, 6.45) is 3.77. The lowest BCUT2D eigenvalue weighted by Gasteiger charge is -2.18. The first-order chi connectivity index (χ1) is 12.0. The zero-order valence-electron chi connectivity index (χ0n) is 14.2. The summed E-state index contributed by atoms with van der Waals surface area (Å²) in [4.78, 5) is 25.8. The number of amides is 2. The van der Waals surface area contributed by atoms with Crippen molar-refractivity contribution in [1.82, 2.24) is 0 Å². The second kappa shape index (κ2) is 6.30. The molecule has 1 aromatic carbocycles. The predicted octanol–water partition coefficient (Wildman–Crippen LogP) is 3.71. The van der Waals surface area contributed by atoms with Gasteiger partial charge in [-0.3, -0.25) is 9.59 Å². The Morgan fingerprint density at radius 3 is 2.72 bits per heavy atom. The maximum atomic E-state index is 12.7.